The van der Waals surface area contributed by atoms with Crippen molar-refractivity contribution in [1.82, 2.24) is 0 Å². The molecule has 1 nitrogen and oxygen atoms in total. The van der Waals surface area contributed by atoms with Crippen LogP contribution in [0.3, 0.4) is 0 Å². The standard InChI is InChI=1S/C15H20O/c1-12(16)15(13-8-4-2-5-9-13)14-10-6-3-7-11-14/h2,4-5,8-9,14-16H,1,3,6-7,10-11H2. The van der Waals surface area contributed by atoms with E-state index in [0.717, 1.165) is 0 Å². The molecule has 0 heterocycles. The summed E-state index contributed by atoms with van der Waals surface area (Å²) in [4.78, 5) is 0. The zero-order valence-electron chi connectivity index (χ0n) is 9.73. The molecule has 16 heavy (non-hydrogen) atoms. The van der Waals surface area contributed by atoms with Gasteiger partial charge in [0.1, 0.15) is 0 Å². The highest BCUT2D eigenvalue weighted by Gasteiger charge is 2.26. The summed E-state index contributed by atoms with van der Waals surface area (Å²) in [5, 5.41) is 9.82. The maximum atomic E-state index is 9.82. The van der Waals surface area contributed by atoms with Gasteiger partial charge in [-0.15, -0.1) is 0 Å². The first kappa shape index (κ1) is 11.3. The Labute approximate surface area is 97.8 Å². The highest BCUT2D eigenvalue weighted by atomic mass is 16.3. The number of aliphatic hydroxyl groups excluding tert-OH is 1. The molecule has 1 unspecified atom stereocenters. The molecule has 1 aliphatic carbocycles. The van der Waals surface area contributed by atoms with Crippen molar-refractivity contribution in [1.29, 1.82) is 0 Å². The van der Waals surface area contributed by atoms with Gasteiger partial charge in [-0.1, -0.05) is 56.2 Å². The van der Waals surface area contributed by atoms with Gasteiger partial charge in [-0.3, -0.25) is 0 Å². The predicted octanol–water partition coefficient (Wildman–Crippen LogP) is 4.42. The molecule has 0 saturated heterocycles. The molecule has 1 heteroatoms. The lowest BCUT2D eigenvalue weighted by molar-refractivity contribution is 0.264. The Morgan fingerprint density at radius 1 is 1.12 bits per heavy atom. The molecular formula is C15H20O. The molecule has 1 aromatic rings. The van der Waals surface area contributed by atoms with Crippen molar-refractivity contribution >= 4 is 0 Å². The van der Waals surface area contributed by atoms with Crippen molar-refractivity contribution in [2.75, 3.05) is 0 Å². The van der Waals surface area contributed by atoms with E-state index in [2.05, 4.69) is 18.7 Å². The molecule has 0 spiro atoms. The summed E-state index contributed by atoms with van der Waals surface area (Å²) in [7, 11) is 0. The predicted molar refractivity (Wildman–Crippen MR) is 67.5 cm³/mol. The quantitative estimate of drug-likeness (QED) is 0.741. The number of aliphatic hydroxyl groups is 1. The van der Waals surface area contributed by atoms with Gasteiger partial charge in [0.05, 0.1) is 5.76 Å². The maximum Gasteiger partial charge on any atom is 0.0928 e. The molecule has 0 bridgehead atoms. The fourth-order valence-electron chi connectivity index (χ4n) is 2.86. The van der Waals surface area contributed by atoms with E-state index < -0.39 is 0 Å². The molecule has 2 rings (SSSR count). The van der Waals surface area contributed by atoms with Gasteiger partial charge >= 0.3 is 0 Å². The Hall–Kier alpha value is -1.24. The molecule has 0 amide bonds. The normalized spacial score (nSPS) is 19.2. The van der Waals surface area contributed by atoms with Crippen LogP contribution in [0.15, 0.2) is 42.7 Å². The molecule has 1 aromatic carbocycles. The van der Waals surface area contributed by atoms with Crippen LogP contribution in [0.25, 0.3) is 0 Å². The van der Waals surface area contributed by atoms with Crippen molar-refractivity contribution in [3.8, 4) is 0 Å². The molecule has 1 N–H and O–H groups in total. The second-order valence-corrected chi connectivity index (χ2v) is 4.78. The van der Waals surface area contributed by atoms with Gasteiger partial charge in [0, 0.05) is 5.92 Å². The number of allylic oxidation sites excluding steroid dienone is 1. The van der Waals surface area contributed by atoms with Crippen molar-refractivity contribution in [3.63, 3.8) is 0 Å². The van der Waals surface area contributed by atoms with Gasteiger partial charge in [0.15, 0.2) is 0 Å². The van der Waals surface area contributed by atoms with E-state index in [9.17, 15) is 5.11 Å². The Kier molecular flexibility index (Phi) is 3.66. The lowest BCUT2D eigenvalue weighted by Crippen LogP contribution is -2.17. The summed E-state index contributed by atoms with van der Waals surface area (Å²) in [5.41, 5.74) is 1.21. The molecular weight excluding hydrogens is 196 g/mol. The average molecular weight is 216 g/mol. The Morgan fingerprint density at radius 3 is 2.31 bits per heavy atom. The summed E-state index contributed by atoms with van der Waals surface area (Å²) in [6.07, 6.45) is 6.37. The first-order valence-electron chi connectivity index (χ1n) is 6.22. The summed E-state index contributed by atoms with van der Waals surface area (Å²) >= 11 is 0. The van der Waals surface area contributed by atoms with Crippen molar-refractivity contribution < 1.29 is 5.11 Å². The Morgan fingerprint density at radius 2 is 1.75 bits per heavy atom. The van der Waals surface area contributed by atoms with Gasteiger partial charge in [0.25, 0.3) is 0 Å². The van der Waals surface area contributed by atoms with Crippen LogP contribution in [0.4, 0.5) is 0 Å². The fourth-order valence-corrected chi connectivity index (χ4v) is 2.86. The van der Waals surface area contributed by atoms with Crippen molar-refractivity contribution in [2.24, 2.45) is 5.92 Å². The minimum atomic E-state index is 0.140. The number of hydrogen-bond donors (Lipinski definition) is 1. The summed E-state index contributed by atoms with van der Waals surface area (Å²) in [6.45, 7) is 3.76. The smallest absolute Gasteiger partial charge is 0.0928 e. The first-order chi connectivity index (χ1) is 7.79. The lowest BCUT2D eigenvalue weighted by atomic mass is 9.76. The maximum absolute atomic E-state index is 9.82. The summed E-state index contributed by atoms with van der Waals surface area (Å²) in [6, 6.07) is 10.3. The number of benzene rings is 1. The summed E-state index contributed by atoms with van der Waals surface area (Å²) in [5.74, 6) is 1.05. The SMILES string of the molecule is C=C(O)C(c1ccccc1)C1CCCCC1. The molecule has 86 valence electrons. The highest BCUT2D eigenvalue weighted by Crippen LogP contribution is 2.38. The van der Waals surface area contributed by atoms with Gasteiger partial charge < -0.3 is 5.11 Å². The average Bonchev–Trinajstić information content (AvgIpc) is 2.31. The van der Waals surface area contributed by atoms with E-state index in [1.54, 1.807) is 0 Å². The van der Waals surface area contributed by atoms with Gasteiger partial charge in [0.2, 0.25) is 0 Å². The minimum absolute atomic E-state index is 0.140. The molecule has 0 radical (unpaired) electrons. The topological polar surface area (TPSA) is 20.2 Å². The second kappa shape index (κ2) is 5.20. The zero-order valence-corrected chi connectivity index (χ0v) is 9.73. The first-order valence-corrected chi connectivity index (χ1v) is 6.22. The van der Waals surface area contributed by atoms with Gasteiger partial charge in [-0.25, -0.2) is 0 Å². The van der Waals surface area contributed by atoms with Crippen LogP contribution in [0.5, 0.6) is 0 Å². The van der Waals surface area contributed by atoms with E-state index in [0.29, 0.717) is 11.7 Å². The van der Waals surface area contributed by atoms with E-state index in [-0.39, 0.29) is 5.92 Å². The molecule has 0 aliphatic heterocycles. The van der Waals surface area contributed by atoms with Crippen LogP contribution in [0.2, 0.25) is 0 Å². The molecule has 1 fully saturated rings. The third-order valence-corrected chi connectivity index (χ3v) is 3.64. The monoisotopic (exact) mass is 216 g/mol. The van der Waals surface area contributed by atoms with E-state index in [1.807, 2.05) is 18.2 Å². The molecule has 1 saturated carbocycles. The molecule has 0 aromatic heterocycles. The third kappa shape index (κ3) is 2.46. The van der Waals surface area contributed by atoms with Gasteiger partial charge in [-0.2, -0.15) is 0 Å². The minimum Gasteiger partial charge on any atom is -0.512 e. The second-order valence-electron chi connectivity index (χ2n) is 4.78. The van der Waals surface area contributed by atoms with Gasteiger partial charge in [-0.05, 0) is 24.3 Å². The number of rotatable bonds is 3. The Bertz CT molecular complexity index is 336. The number of hydrogen-bond acceptors (Lipinski definition) is 1. The van der Waals surface area contributed by atoms with E-state index >= 15 is 0 Å². The van der Waals surface area contributed by atoms with Crippen LogP contribution in [-0.4, -0.2) is 5.11 Å². The van der Waals surface area contributed by atoms with E-state index in [4.69, 9.17) is 0 Å². The largest absolute Gasteiger partial charge is 0.512 e. The van der Waals surface area contributed by atoms with Crippen LogP contribution >= 0.6 is 0 Å². The van der Waals surface area contributed by atoms with Crippen LogP contribution in [0, 0.1) is 5.92 Å². The van der Waals surface area contributed by atoms with Crippen molar-refractivity contribution in [2.45, 2.75) is 38.0 Å². The highest BCUT2D eigenvalue weighted by molar-refractivity contribution is 5.26. The van der Waals surface area contributed by atoms with Crippen molar-refractivity contribution in [3.05, 3.63) is 48.2 Å². The Balaban J connectivity index is 2.20. The lowest BCUT2D eigenvalue weighted by Gasteiger charge is -2.29. The molecule has 1 aliphatic rings. The zero-order chi connectivity index (χ0) is 11.4. The third-order valence-electron chi connectivity index (χ3n) is 3.64. The van der Waals surface area contributed by atoms with Crippen LogP contribution in [-0.2, 0) is 0 Å². The summed E-state index contributed by atoms with van der Waals surface area (Å²) < 4.78 is 0. The van der Waals surface area contributed by atoms with Crippen LogP contribution in [0.1, 0.15) is 43.6 Å². The molecule has 1 atom stereocenters. The van der Waals surface area contributed by atoms with E-state index in [1.165, 1.54) is 37.7 Å². The van der Waals surface area contributed by atoms with Crippen LogP contribution < -0.4 is 0 Å². The fraction of sp³-hybridized carbons (Fsp3) is 0.467.